The zero-order valence-corrected chi connectivity index (χ0v) is 14.0. The van der Waals surface area contributed by atoms with Gasteiger partial charge in [0.05, 0.1) is 16.9 Å². The minimum atomic E-state index is -3.73. The molecular formula is C16H23NO5S. The summed E-state index contributed by atoms with van der Waals surface area (Å²) in [6, 6.07) is 6.74. The number of aliphatic carboxylic acids is 1. The lowest BCUT2D eigenvalue weighted by Crippen LogP contribution is -2.48. The highest BCUT2D eigenvalue weighted by Gasteiger charge is 2.38. The summed E-state index contributed by atoms with van der Waals surface area (Å²) in [7, 11) is -3.73. The summed E-state index contributed by atoms with van der Waals surface area (Å²) in [5.41, 5.74) is 1.09. The van der Waals surface area contributed by atoms with Crippen LogP contribution in [0.15, 0.2) is 29.2 Å². The van der Waals surface area contributed by atoms with Crippen molar-refractivity contribution in [3.8, 4) is 0 Å². The molecule has 0 amide bonds. The summed E-state index contributed by atoms with van der Waals surface area (Å²) in [6.45, 7) is 2.03. The van der Waals surface area contributed by atoms with Crippen molar-refractivity contribution in [1.29, 1.82) is 0 Å². The molecule has 2 atom stereocenters. The van der Waals surface area contributed by atoms with Gasteiger partial charge in [0.25, 0.3) is 0 Å². The summed E-state index contributed by atoms with van der Waals surface area (Å²) in [5, 5.41) is 18.8. The minimum absolute atomic E-state index is 0.130. The summed E-state index contributed by atoms with van der Waals surface area (Å²) in [4.78, 5) is 11.3. The third-order valence-electron chi connectivity index (χ3n) is 4.24. The molecule has 1 aromatic rings. The van der Waals surface area contributed by atoms with Gasteiger partial charge in [0, 0.05) is 13.1 Å². The van der Waals surface area contributed by atoms with Crippen molar-refractivity contribution in [1.82, 2.24) is 4.31 Å². The number of unbranched alkanes of at least 4 members (excludes halogenated alkanes) is 1. The maximum absolute atomic E-state index is 12.6. The maximum Gasteiger partial charge on any atom is 0.310 e. The Balaban J connectivity index is 2.16. The molecule has 0 unspecified atom stereocenters. The first-order valence-corrected chi connectivity index (χ1v) is 9.30. The van der Waals surface area contributed by atoms with E-state index < -0.39 is 28.0 Å². The zero-order valence-electron chi connectivity index (χ0n) is 13.2. The van der Waals surface area contributed by atoms with Gasteiger partial charge in [-0.1, -0.05) is 25.5 Å². The average molecular weight is 341 g/mol. The van der Waals surface area contributed by atoms with Gasteiger partial charge in [-0.05, 0) is 37.0 Å². The summed E-state index contributed by atoms with van der Waals surface area (Å²) in [6.07, 6.45) is 2.16. The number of benzene rings is 1. The lowest BCUT2D eigenvalue weighted by atomic mass is 9.96. The summed E-state index contributed by atoms with van der Waals surface area (Å²) >= 11 is 0. The van der Waals surface area contributed by atoms with Gasteiger partial charge < -0.3 is 10.2 Å². The lowest BCUT2D eigenvalue weighted by molar-refractivity contribution is -0.147. The Morgan fingerprint density at radius 2 is 1.96 bits per heavy atom. The van der Waals surface area contributed by atoms with E-state index in [2.05, 4.69) is 6.92 Å². The van der Waals surface area contributed by atoms with Crippen molar-refractivity contribution < 1.29 is 23.4 Å². The summed E-state index contributed by atoms with van der Waals surface area (Å²) in [5.74, 6) is -2.25. The lowest BCUT2D eigenvalue weighted by Gasteiger charge is -2.33. The van der Waals surface area contributed by atoms with Crippen LogP contribution in [-0.2, 0) is 21.2 Å². The van der Waals surface area contributed by atoms with Gasteiger partial charge in [0.15, 0.2) is 0 Å². The molecular weight excluding hydrogens is 318 g/mol. The average Bonchev–Trinajstić information content (AvgIpc) is 2.53. The van der Waals surface area contributed by atoms with Gasteiger partial charge in [0.1, 0.15) is 0 Å². The molecule has 1 fully saturated rings. The number of aliphatic hydroxyl groups is 1. The number of piperidine rings is 1. The fourth-order valence-electron chi connectivity index (χ4n) is 2.73. The molecule has 0 saturated carbocycles. The van der Waals surface area contributed by atoms with Crippen molar-refractivity contribution in [3.63, 3.8) is 0 Å². The van der Waals surface area contributed by atoms with Crippen LogP contribution in [0.3, 0.4) is 0 Å². The van der Waals surface area contributed by atoms with E-state index in [0.29, 0.717) is 0 Å². The Bertz CT molecular complexity index is 641. The number of nitrogens with zero attached hydrogens (tertiary/aromatic N) is 1. The number of carbonyl (C=O) groups is 1. The van der Waals surface area contributed by atoms with Crippen molar-refractivity contribution in [2.45, 2.75) is 43.6 Å². The molecule has 0 aliphatic carbocycles. The van der Waals surface area contributed by atoms with Crippen LogP contribution in [0.25, 0.3) is 0 Å². The monoisotopic (exact) mass is 341 g/mol. The molecule has 7 heteroatoms. The fraction of sp³-hybridized carbons (Fsp3) is 0.562. The predicted octanol–water partition coefficient (Wildman–Crippen LogP) is 1.49. The van der Waals surface area contributed by atoms with E-state index in [0.717, 1.165) is 29.1 Å². The van der Waals surface area contributed by atoms with Crippen LogP contribution in [0.5, 0.6) is 0 Å². The standard InChI is InChI=1S/C16H23NO5S/c1-2-3-4-12-5-7-13(8-6-12)23(21,22)17-10-9-15(18)14(11-17)16(19)20/h5-8,14-15,18H,2-4,9-11H2,1H3,(H,19,20)/t14-,15-/m0/s1. The smallest absolute Gasteiger partial charge is 0.310 e. The van der Waals surface area contributed by atoms with Crippen LogP contribution in [-0.4, -0.2) is 48.1 Å². The van der Waals surface area contributed by atoms with Gasteiger partial charge in [-0.3, -0.25) is 4.79 Å². The first-order valence-electron chi connectivity index (χ1n) is 7.86. The van der Waals surface area contributed by atoms with Gasteiger partial charge in [0.2, 0.25) is 10.0 Å². The number of hydrogen-bond acceptors (Lipinski definition) is 4. The third kappa shape index (κ3) is 4.10. The van der Waals surface area contributed by atoms with Crippen LogP contribution in [0.2, 0.25) is 0 Å². The molecule has 1 aliphatic rings. The molecule has 6 nitrogen and oxygen atoms in total. The number of aliphatic hydroxyl groups excluding tert-OH is 1. The van der Waals surface area contributed by atoms with Crippen molar-refractivity contribution in [2.24, 2.45) is 5.92 Å². The number of hydrogen-bond donors (Lipinski definition) is 2. The SMILES string of the molecule is CCCCc1ccc(S(=O)(=O)N2CC[C@H](O)[C@@H](C(=O)O)C2)cc1. The molecule has 23 heavy (non-hydrogen) atoms. The van der Waals surface area contributed by atoms with Crippen molar-refractivity contribution >= 4 is 16.0 Å². The number of carboxylic acid groups (broad SMARTS) is 1. The van der Waals surface area contributed by atoms with E-state index in [1.807, 2.05) is 0 Å². The van der Waals surface area contributed by atoms with Crippen LogP contribution < -0.4 is 0 Å². The highest BCUT2D eigenvalue weighted by atomic mass is 32.2. The number of sulfonamides is 1. The highest BCUT2D eigenvalue weighted by molar-refractivity contribution is 7.89. The van der Waals surface area contributed by atoms with Gasteiger partial charge in [-0.15, -0.1) is 0 Å². The normalized spacial score (nSPS) is 22.9. The zero-order chi connectivity index (χ0) is 17.0. The highest BCUT2D eigenvalue weighted by Crippen LogP contribution is 2.24. The minimum Gasteiger partial charge on any atom is -0.481 e. The number of carboxylic acids is 1. The largest absolute Gasteiger partial charge is 0.481 e. The van der Waals surface area contributed by atoms with Crippen LogP contribution in [0.1, 0.15) is 31.7 Å². The Hall–Kier alpha value is -1.44. The molecule has 1 heterocycles. The molecule has 1 aromatic carbocycles. The molecule has 0 bridgehead atoms. The first-order chi connectivity index (χ1) is 10.9. The molecule has 1 aliphatic heterocycles. The molecule has 2 rings (SSSR count). The Morgan fingerprint density at radius 3 is 2.52 bits per heavy atom. The topological polar surface area (TPSA) is 94.9 Å². The molecule has 128 valence electrons. The van der Waals surface area contributed by atoms with E-state index in [1.54, 1.807) is 24.3 Å². The van der Waals surface area contributed by atoms with Crippen molar-refractivity contribution in [2.75, 3.05) is 13.1 Å². The molecule has 0 aromatic heterocycles. The molecule has 1 saturated heterocycles. The molecule has 0 radical (unpaired) electrons. The van der Waals surface area contributed by atoms with Gasteiger partial charge in [-0.25, -0.2) is 8.42 Å². The molecule has 2 N–H and O–H groups in total. The first kappa shape index (κ1) is 17.9. The summed E-state index contributed by atoms with van der Waals surface area (Å²) < 4.78 is 26.4. The van der Waals surface area contributed by atoms with E-state index >= 15 is 0 Å². The van der Waals surface area contributed by atoms with Crippen LogP contribution in [0, 0.1) is 5.92 Å². The van der Waals surface area contributed by atoms with E-state index in [4.69, 9.17) is 5.11 Å². The van der Waals surface area contributed by atoms with Crippen LogP contribution in [0.4, 0.5) is 0 Å². The van der Waals surface area contributed by atoms with Crippen molar-refractivity contribution in [3.05, 3.63) is 29.8 Å². The number of rotatable bonds is 6. The number of aryl methyl sites for hydroxylation is 1. The third-order valence-corrected chi connectivity index (χ3v) is 6.12. The molecule has 0 spiro atoms. The fourth-order valence-corrected chi connectivity index (χ4v) is 4.21. The Labute approximate surface area is 136 Å². The predicted molar refractivity (Wildman–Crippen MR) is 85.6 cm³/mol. The second-order valence-corrected chi connectivity index (χ2v) is 7.85. The van der Waals surface area contributed by atoms with E-state index in [-0.39, 0.29) is 24.4 Å². The Kier molecular flexibility index (Phi) is 5.78. The maximum atomic E-state index is 12.6. The van der Waals surface area contributed by atoms with E-state index in [1.165, 1.54) is 0 Å². The van der Waals surface area contributed by atoms with Gasteiger partial charge in [-0.2, -0.15) is 4.31 Å². The second-order valence-electron chi connectivity index (χ2n) is 5.91. The van der Waals surface area contributed by atoms with Crippen LogP contribution >= 0.6 is 0 Å². The van der Waals surface area contributed by atoms with E-state index in [9.17, 15) is 18.3 Å². The Morgan fingerprint density at radius 1 is 1.30 bits per heavy atom. The second kappa shape index (κ2) is 7.42. The quantitative estimate of drug-likeness (QED) is 0.817. The van der Waals surface area contributed by atoms with Gasteiger partial charge >= 0.3 is 5.97 Å².